The van der Waals surface area contributed by atoms with E-state index in [1.54, 1.807) is 15.5 Å². The minimum Gasteiger partial charge on any atom is -0.370 e. The van der Waals surface area contributed by atoms with Crippen LogP contribution in [-0.2, 0) is 16.1 Å². The van der Waals surface area contributed by atoms with Crippen LogP contribution in [0.2, 0.25) is 0 Å². The number of pyridine rings is 1. The number of rotatable bonds is 5. The number of thiocarbonyl (C=S) groups is 1. The van der Waals surface area contributed by atoms with Gasteiger partial charge in [-0.05, 0) is 45.8 Å². The molecule has 2 N–H and O–H groups in total. The molecule has 0 atom stereocenters. The van der Waals surface area contributed by atoms with E-state index in [-0.39, 0.29) is 29.3 Å². The zero-order valence-electron chi connectivity index (χ0n) is 19.0. The maximum absolute atomic E-state index is 13.7. The highest BCUT2D eigenvalue weighted by Crippen LogP contribution is 2.37. The Balaban J connectivity index is 1.91. The molecule has 2 aliphatic rings. The second kappa shape index (κ2) is 9.30. The van der Waals surface area contributed by atoms with Gasteiger partial charge in [0.05, 0.1) is 21.7 Å². The standard InChI is InChI=1S/C24H28N4O3S2/c1-4-27-18-8-6-5-7-16(18)20(26-11-9-15(10-12-26)21(25)29)17(22(27)30)13-19-23(31)28(14(2)3)24(32)33-19/h5-8,13-15H,4,9-12H2,1-3H3,(H2,25,29). The lowest BCUT2D eigenvalue weighted by Gasteiger charge is -2.34. The minimum atomic E-state index is -0.279. The first-order valence-corrected chi connectivity index (χ1v) is 12.4. The van der Waals surface area contributed by atoms with Gasteiger partial charge in [-0.15, -0.1) is 0 Å². The van der Waals surface area contributed by atoms with Crippen molar-refractivity contribution < 1.29 is 9.59 Å². The molecule has 174 valence electrons. The summed E-state index contributed by atoms with van der Waals surface area (Å²) in [6.07, 6.45) is 2.98. The molecule has 2 aromatic rings. The number of primary amides is 1. The van der Waals surface area contributed by atoms with Crippen LogP contribution in [0.25, 0.3) is 17.0 Å². The van der Waals surface area contributed by atoms with Crippen LogP contribution < -0.4 is 16.2 Å². The molecule has 1 aromatic heterocycles. The van der Waals surface area contributed by atoms with Crippen molar-refractivity contribution in [2.24, 2.45) is 11.7 Å². The van der Waals surface area contributed by atoms with Crippen LogP contribution in [0, 0.1) is 5.92 Å². The minimum absolute atomic E-state index is 0.0559. The Bertz CT molecular complexity index is 1230. The fourth-order valence-corrected chi connectivity index (χ4v) is 6.14. The number of benzene rings is 1. The summed E-state index contributed by atoms with van der Waals surface area (Å²) in [6, 6.07) is 7.77. The van der Waals surface area contributed by atoms with Gasteiger partial charge in [-0.2, -0.15) is 0 Å². The molecule has 2 saturated heterocycles. The van der Waals surface area contributed by atoms with Crippen molar-refractivity contribution >= 4 is 62.8 Å². The number of hydrogen-bond acceptors (Lipinski definition) is 6. The maximum Gasteiger partial charge on any atom is 0.266 e. The molecule has 7 nitrogen and oxygen atoms in total. The van der Waals surface area contributed by atoms with E-state index in [9.17, 15) is 14.4 Å². The first-order chi connectivity index (χ1) is 15.7. The number of amides is 2. The fraction of sp³-hybridized carbons (Fsp3) is 0.417. The van der Waals surface area contributed by atoms with E-state index in [4.69, 9.17) is 18.0 Å². The summed E-state index contributed by atoms with van der Waals surface area (Å²) >= 11 is 6.66. The second-order valence-corrected chi connectivity index (χ2v) is 10.3. The molecule has 0 unspecified atom stereocenters. The van der Waals surface area contributed by atoms with Gasteiger partial charge in [0.2, 0.25) is 5.91 Å². The monoisotopic (exact) mass is 484 g/mol. The molecule has 1 aromatic carbocycles. The van der Waals surface area contributed by atoms with Gasteiger partial charge in [-0.1, -0.05) is 42.2 Å². The van der Waals surface area contributed by atoms with Gasteiger partial charge in [-0.25, -0.2) is 0 Å². The number of nitrogens with zero attached hydrogens (tertiary/aromatic N) is 3. The molecule has 4 rings (SSSR count). The summed E-state index contributed by atoms with van der Waals surface area (Å²) < 4.78 is 2.24. The van der Waals surface area contributed by atoms with Crippen molar-refractivity contribution in [2.75, 3.05) is 18.0 Å². The first kappa shape index (κ1) is 23.5. The average molecular weight is 485 g/mol. The number of aromatic nitrogens is 1. The predicted molar refractivity (Wildman–Crippen MR) is 138 cm³/mol. The Kier molecular flexibility index (Phi) is 6.63. The number of carbonyl (C=O) groups excluding carboxylic acids is 2. The zero-order valence-corrected chi connectivity index (χ0v) is 20.7. The molecule has 0 bridgehead atoms. The topological polar surface area (TPSA) is 88.6 Å². The van der Waals surface area contributed by atoms with E-state index in [0.717, 1.165) is 16.6 Å². The van der Waals surface area contributed by atoms with Gasteiger partial charge in [0, 0.05) is 37.0 Å². The SMILES string of the molecule is CCn1c(=O)c(C=C2SC(=S)N(C(C)C)C2=O)c(N2CCC(C(N)=O)CC2)c2ccccc21. The molecule has 2 fully saturated rings. The van der Waals surface area contributed by atoms with Crippen molar-refractivity contribution in [1.82, 2.24) is 9.47 Å². The van der Waals surface area contributed by atoms with Crippen molar-refractivity contribution in [3.8, 4) is 0 Å². The highest BCUT2D eigenvalue weighted by Gasteiger charge is 2.35. The van der Waals surface area contributed by atoms with E-state index in [1.807, 2.05) is 45.0 Å². The van der Waals surface area contributed by atoms with Crippen LogP contribution in [0.4, 0.5) is 5.69 Å². The Morgan fingerprint density at radius 2 is 1.91 bits per heavy atom. The lowest BCUT2D eigenvalue weighted by Crippen LogP contribution is -2.40. The Hall–Kier alpha value is -2.65. The van der Waals surface area contributed by atoms with E-state index >= 15 is 0 Å². The third kappa shape index (κ3) is 4.19. The highest BCUT2D eigenvalue weighted by molar-refractivity contribution is 8.26. The number of piperidine rings is 1. The summed E-state index contributed by atoms with van der Waals surface area (Å²) in [5.41, 5.74) is 7.53. The molecular formula is C24H28N4O3S2. The highest BCUT2D eigenvalue weighted by atomic mass is 32.2. The van der Waals surface area contributed by atoms with E-state index < -0.39 is 0 Å². The number of anilines is 1. The molecule has 3 heterocycles. The zero-order chi connectivity index (χ0) is 23.9. The van der Waals surface area contributed by atoms with Crippen LogP contribution in [0.15, 0.2) is 34.0 Å². The van der Waals surface area contributed by atoms with Gasteiger partial charge in [0.25, 0.3) is 11.5 Å². The van der Waals surface area contributed by atoms with Crippen LogP contribution >= 0.6 is 24.0 Å². The average Bonchev–Trinajstić information content (AvgIpc) is 3.07. The number of carbonyl (C=O) groups is 2. The van der Waals surface area contributed by atoms with Crippen LogP contribution in [0.3, 0.4) is 0 Å². The number of para-hydroxylation sites is 1. The largest absolute Gasteiger partial charge is 0.370 e. The van der Waals surface area contributed by atoms with Crippen molar-refractivity contribution in [1.29, 1.82) is 0 Å². The summed E-state index contributed by atoms with van der Waals surface area (Å²) in [5, 5.41) is 0.946. The smallest absolute Gasteiger partial charge is 0.266 e. The van der Waals surface area contributed by atoms with Crippen LogP contribution in [-0.4, -0.2) is 44.7 Å². The third-order valence-electron chi connectivity index (χ3n) is 6.33. The predicted octanol–water partition coefficient (Wildman–Crippen LogP) is 3.33. The van der Waals surface area contributed by atoms with Crippen molar-refractivity contribution in [2.45, 2.75) is 46.2 Å². The Morgan fingerprint density at radius 1 is 1.24 bits per heavy atom. The molecule has 2 aliphatic heterocycles. The number of aryl methyl sites for hydroxylation is 1. The fourth-order valence-electron chi connectivity index (χ4n) is 4.64. The molecule has 2 amide bonds. The number of thioether (sulfide) groups is 1. The Morgan fingerprint density at radius 3 is 2.48 bits per heavy atom. The summed E-state index contributed by atoms with van der Waals surface area (Å²) in [7, 11) is 0. The van der Waals surface area contributed by atoms with Gasteiger partial charge >= 0.3 is 0 Å². The summed E-state index contributed by atoms with van der Waals surface area (Å²) in [6.45, 7) is 7.51. The van der Waals surface area contributed by atoms with Gasteiger partial charge < -0.3 is 15.2 Å². The molecular weight excluding hydrogens is 456 g/mol. The number of hydrogen-bond donors (Lipinski definition) is 1. The quantitative estimate of drug-likeness (QED) is 0.517. The van der Waals surface area contributed by atoms with E-state index in [2.05, 4.69) is 4.90 Å². The normalized spacial score (nSPS) is 18.8. The lowest BCUT2D eigenvalue weighted by molar-refractivity contribution is -0.123. The summed E-state index contributed by atoms with van der Waals surface area (Å²) in [5.74, 6) is -0.609. The molecule has 0 saturated carbocycles. The van der Waals surface area contributed by atoms with E-state index in [1.165, 1.54) is 11.8 Å². The third-order valence-corrected chi connectivity index (χ3v) is 7.66. The van der Waals surface area contributed by atoms with Crippen LogP contribution in [0.5, 0.6) is 0 Å². The maximum atomic E-state index is 13.7. The number of fused-ring (bicyclic) bond motifs is 1. The van der Waals surface area contributed by atoms with Crippen molar-refractivity contribution in [3.05, 3.63) is 45.1 Å². The first-order valence-electron chi connectivity index (χ1n) is 11.2. The van der Waals surface area contributed by atoms with E-state index in [0.29, 0.717) is 47.3 Å². The Labute approximate surface area is 202 Å². The molecule has 0 spiro atoms. The van der Waals surface area contributed by atoms with Gasteiger partial charge in [-0.3, -0.25) is 19.3 Å². The van der Waals surface area contributed by atoms with Gasteiger partial charge in [0.15, 0.2) is 0 Å². The number of nitrogens with two attached hydrogens (primary N) is 1. The molecule has 33 heavy (non-hydrogen) atoms. The lowest BCUT2D eigenvalue weighted by atomic mass is 9.94. The van der Waals surface area contributed by atoms with Crippen molar-refractivity contribution in [3.63, 3.8) is 0 Å². The summed E-state index contributed by atoms with van der Waals surface area (Å²) in [4.78, 5) is 42.6. The van der Waals surface area contributed by atoms with Crippen LogP contribution in [0.1, 0.15) is 39.2 Å². The molecule has 9 heteroatoms. The molecule has 0 aliphatic carbocycles. The molecule has 0 radical (unpaired) electrons. The second-order valence-electron chi connectivity index (χ2n) is 8.64. The van der Waals surface area contributed by atoms with Gasteiger partial charge in [0.1, 0.15) is 4.32 Å².